The fraction of sp³-hybridized carbons (Fsp3) is 0.568. The zero-order valence-electron chi connectivity index (χ0n) is 30.1. The Bertz CT molecular complexity index is 1900. The molecule has 0 aliphatic carbocycles. The second-order valence-electron chi connectivity index (χ2n) is 14.6. The van der Waals surface area contributed by atoms with Gasteiger partial charge >= 0.3 is 0 Å². The highest BCUT2D eigenvalue weighted by Gasteiger charge is 2.45. The molecule has 52 heavy (non-hydrogen) atoms. The lowest BCUT2D eigenvalue weighted by Gasteiger charge is -2.48. The molecule has 2 N–H and O–H groups in total. The van der Waals surface area contributed by atoms with Gasteiger partial charge in [0.1, 0.15) is 17.8 Å². The lowest BCUT2D eigenvalue weighted by Crippen LogP contribution is -2.61. The van der Waals surface area contributed by atoms with Crippen LogP contribution in [0.5, 0.6) is 0 Å². The largest absolute Gasteiger partial charge is 0.381 e. The van der Waals surface area contributed by atoms with Crippen molar-refractivity contribution in [2.75, 3.05) is 85.8 Å². The second-order valence-corrected chi connectivity index (χ2v) is 17.0. The first-order chi connectivity index (χ1) is 25.0. The number of anilines is 5. The van der Waals surface area contributed by atoms with Gasteiger partial charge in [0.2, 0.25) is 11.9 Å². The molecular weight excluding hydrogens is 688 g/mol. The predicted octanol–water partition coefficient (Wildman–Crippen LogP) is 4.29. The maximum absolute atomic E-state index is 14.7. The van der Waals surface area contributed by atoms with Gasteiger partial charge in [-0.25, -0.2) is 22.8 Å². The van der Waals surface area contributed by atoms with Crippen LogP contribution in [-0.2, 0) is 24.1 Å². The van der Waals surface area contributed by atoms with Crippen LogP contribution in [0.3, 0.4) is 0 Å². The maximum Gasteiger partial charge on any atom is 0.247 e. The van der Waals surface area contributed by atoms with Gasteiger partial charge in [-0.2, -0.15) is 4.98 Å². The summed E-state index contributed by atoms with van der Waals surface area (Å²) in [6, 6.07) is 6.04. The number of halogens is 1. The molecule has 3 aromatic rings. The fourth-order valence-corrected chi connectivity index (χ4v) is 10.2. The number of pyridine rings is 1. The molecule has 3 atom stereocenters. The smallest absolute Gasteiger partial charge is 0.247 e. The van der Waals surface area contributed by atoms with Crippen LogP contribution in [-0.4, -0.2) is 123 Å². The molecule has 1 unspecified atom stereocenters. The Morgan fingerprint density at radius 3 is 2.56 bits per heavy atom. The minimum Gasteiger partial charge on any atom is -0.381 e. The SMILES string of the molecule is C=CC(=O)Nc1cc(N2CC(C3CN(C4CCOCC4)CCS3(=O)=O)C2)c2cnc(Nc3ccnc(N4CC[C@@H](OC)[C@@H](F)C4)n3)cc2c1C(C)C. The Morgan fingerprint density at radius 2 is 1.85 bits per heavy atom. The number of carbonyl (C=O) groups excluding carboxylic acids is 1. The number of fused-ring (bicyclic) bond motifs is 1. The molecule has 4 aliphatic heterocycles. The average Bonchev–Trinajstić information content (AvgIpc) is 3.11. The third-order valence-corrected chi connectivity index (χ3v) is 13.3. The second kappa shape index (κ2) is 15.2. The van der Waals surface area contributed by atoms with E-state index < -0.39 is 27.4 Å². The van der Waals surface area contributed by atoms with Crippen molar-refractivity contribution < 1.29 is 27.1 Å². The zero-order chi connectivity index (χ0) is 36.6. The molecule has 0 spiro atoms. The number of benzene rings is 1. The third kappa shape index (κ3) is 7.45. The van der Waals surface area contributed by atoms with E-state index in [4.69, 9.17) is 14.5 Å². The summed E-state index contributed by atoms with van der Waals surface area (Å²) in [6.45, 7) is 12.3. The zero-order valence-corrected chi connectivity index (χ0v) is 30.9. The number of nitrogens with zero attached hydrogens (tertiary/aromatic N) is 6. The Morgan fingerprint density at radius 1 is 1.06 bits per heavy atom. The Hall–Kier alpha value is -3.92. The monoisotopic (exact) mass is 736 g/mol. The van der Waals surface area contributed by atoms with Crippen LogP contribution in [0.15, 0.2) is 43.2 Å². The van der Waals surface area contributed by atoms with Crippen LogP contribution in [0.1, 0.15) is 44.6 Å². The molecule has 1 aromatic carbocycles. The van der Waals surface area contributed by atoms with Crippen molar-refractivity contribution in [2.45, 2.75) is 62.6 Å². The molecule has 2 aromatic heterocycles. The minimum absolute atomic E-state index is 0.00694. The molecular formula is C37H49FN8O5S. The number of piperidine rings is 1. The predicted molar refractivity (Wildman–Crippen MR) is 201 cm³/mol. The van der Waals surface area contributed by atoms with Crippen molar-refractivity contribution in [3.05, 3.63) is 48.8 Å². The lowest BCUT2D eigenvalue weighted by atomic mass is 9.90. The van der Waals surface area contributed by atoms with Crippen molar-refractivity contribution in [2.24, 2.45) is 5.92 Å². The number of hydrogen-bond acceptors (Lipinski definition) is 12. The van der Waals surface area contributed by atoms with Crippen molar-refractivity contribution in [1.29, 1.82) is 0 Å². The molecule has 7 rings (SSSR count). The third-order valence-electron chi connectivity index (χ3n) is 11.1. The van der Waals surface area contributed by atoms with Crippen molar-refractivity contribution in [1.82, 2.24) is 19.9 Å². The highest BCUT2D eigenvalue weighted by molar-refractivity contribution is 7.92. The number of amides is 1. The lowest BCUT2D eigenvalue weighted by molar-refractivity contribution is -0.111. The minimum atomic E-state index is -3.23. The standard InChI is InChI=1S/C37H49FN8O5S/c1-5-35(47)41-29-17-30(46-19-24(20-46)32-22-44(12-15-52(32,48)49)25-8-13-51-14-9-25)27-18-40-34(16-26(27)36(29)23(2)3)42-33-6-10-39-37(43-33)45-11-7-31(50-4)28(38)21-45/h5-6,10,16-18,23-25,28,31-32H,1,7-9,11-15,19-22H2,2-4H3,(H,41,47)(H,39,40,42,43)/t28-,31+,32?/m0/s1. The summed E-state index contributed by atoms with van der Waals surface area (Å²) in [5.41, 5.74) is 2.49. The number of methoxy groups -OCH3 is 1. The van der Waals surface area contributed by atoms with Crippen LogP contribution < -0.4 is 20.4 Å². The van der Waals surface area contributed by atoms with Crippen LogP contribution in [0, 0.1) is 5.92 Å². The quantitative estimate of drug-likeness (QED) is 0.287. The summed E-state index contributed by atoms with van der Waals surface area (Å²) in [5, 5.41) is 7.72. The van der Waals surface area contributed by atoms with E-state index in [0.717, 1.165) is 48.1 Å². The maximum atomic E-state index is 14.7. The fourth-order valence-electron chi connectivity index (χ4n) is 8.19. The van der Waals surface area contributed by atoms with Gasteiger partial charge in [0.25, 0.3) is 0 Å². The number of hydrogen-bond donors (Lipinski definition) is 2. The van der Waals surface area contributed by atoms with E-state index >= 15 is 0 Å². The summed E-state index contributed by atoms with van der Waals surface area (Å²) < 4.78 is 52.3. The van der Waals surface area contributed by atoms with E-state index in [1.807, 2.05) is 23.2 Å². The van der Waals surface area contributed by atoms with Gasteiger partial charge in [0.15, 0.2) is 9.84 Å². The highest BCUT2D eigenvalue weighted by atomic mass is 32.2. The van der Waals surface area contributed by atoms with Gasteiger partial charge < -0.3 is 29.9 Å². The molecule has 0 radical (unpaired) electrons. The summed E-state index contributed by atoms with van der Waals surface area (Å²) in [5.74, 6) is 1.37. The molecule has 280 valence electrons. The van der Waals surface area contributed by atoms with Crippen LogP contribution in [0.2, 0.25) is 0 Å². The number of alkyl halides is 1. The Labute approximate surface area is 304 Å². The molecule has 4 saturated heterocycles. The molecule has 4 aliphatic rings. The van der Waals surface area contributed by atoms with E-state index in [9.17, 15) is 17.6 Å². The first-order valence-electron chi connectivity index (χ1n) is 18.2. The van der Waals surface area contributed by atoms with Crippen LogP contribution in [0.4, 0.5) is 33.3 Å². The normalized spacial score (nSPS) is 24.5. The van der Waals surface area contributed by atoms with Gasteiger partial charge in [0, 0.05) is 94.2 Å². The van der Waals surface area contributed by atoms with Crippen LogP contribution >= 0.6 is 0 Å². The Balaban J connectivity index is 1.16. The van der Waals surface area contributed by atoms with Gasteiger partial charge in [0.05, 0.1) is 23.7 Å². The first kappa shape index (κ1) is 36.4. The summed E-state index contributed by atoms with van der Waals surface area (Å²) >= 11 is 0. The average molecular weight is 737 g/mol. The molecule has 0 bridgehead atoms. The summed E-state index contributed by atoms with van der Waals surface area (Å²) in [4.78, 5) is 32.9. The number of nitrogens with one attached hydrogen (secondary N) is 2. The Kier molecular flexibility index (Phi) is 10.7. The van der Waals surface area contributed by atoms with E-state index in [2.05, 4.69) is 50.8 Å². The summed E-state index contributed by atoms with van der Waals surface area (Å²) in [7, 11) is -1.70. The number of sulfone groups is 1. The molecule has 1 amide bonds. The van der Waals surface area contributed by atoms with E-state index in [0.29, 0.717) is 68.5 Å². The molecule has 0 saturated carbocycles. The number of aromatic nitrogens is 3. The first-order valence-corrected chi connectivity index (χ1v) is 20.0. The molecule has 4 fully saturated rings. The van der Waals surface area contributed by atoms with E-state index in [-0.39, 0.29) is 30.0 Å². The topological polar surface area (TPSA) is 142 Å². The van der Waals surface area contributed by atoms with Crippen molar-refractivity contribution >= 4 is 55.5 Å². The van der Waals surface area contributed by atoms with Crippen LogP contribution in [0.25, 0.3) is 10.8 Å². The number of carbonyl (C=O) groups is 1. The number of rotatable bonds is 10. The number of ether oxygens (including phenoxy) is 2. The van der Waals surface area contributed by atoms with Gasteiger partial charge in [-0.3, -0.25) is 9.69 Å². The molecule has 13 nitrogen and oxygen atoms in total. The van der Waals surface area contributed by atoms with Gasteiger partial charge in [-0.05, 0) is 60.4 Å². The molecule has 6 heterocycles. The summed E-state index contributed by atoms with van der Waals surface area (Å²) in [6.07, 6.45) is 5.55. The van der Waals surface area contributed by atoms with Crippen molar-refractivity contribution in [3.63, 3.8) is 0 Å². The van der Waals surface area contributed by atoms with E-state index in [1.165, 1.54) is 13.2 Å². The van der Waals surface area contributed by atoms with Gasteiger partial charge in [-0.15, -0.1) is 0 Å². The highest BCUT2D eigenvalue weighted by Crippen LogP contribution is 2.43. The molecule has 15 heteroatoms. The van der Waals surface area contributed by atoms with E-state index in [1.54, 1.807) is 12.3 Å². The van der Waals surface area contributed by atoms with Gasteiger partial charge in [-0.1, -0.05) is 20.4 Å². The van der Waals surface area contributed by atoms with Crippen molar-refractivity contribution in [3.8, 4) is 0 Å².